The van der Waals surface area contributed by atoms with Crippen LogP contribution in [0.1, 0.15) is 58.8 Å². The minimum Gasteiger partial charge on any atom is -0.506 e. The van der Waals surface area contributed by atoms with Crippen molar-refractivity contribution in [2.24, 2.45) is 5.73 Å². The van der Waals surface area contributed by atoms with Gasteiger partial charge in [0.25, 0.3) is 11.8 Å². The Labute approximate surface area is 278 Å². The standard InChI is InChI=1S/C35H32ClN5O5S/c1-17-16-47-31-28(42)13-26-30(29(17)31)20(14-36)15-40(26)33(44)24-11-18-9-21(5-7-23(18)39-24)38-32(43)27-12-19-10-22(46-34(37)45)6-8-25(19)41(27)35(2,3)4/h5-13,16,20,39,42H,14-15H2,1-4H3,(H2,37,45)(H,38,43)/t20-/m1/s1. The van der Waals surface area contributed by atoms with Crippen molar-refractivity contribution >= 4 is 84.1 Å². The third kappa shape index (κ3) is 5.15. The summed E-state index contributed by atoms with van der Waals surface area (Å²) in [6.07, 6.45) is -0.915. The lowest BCUT2D eigenvalue weighted by atomic mass is 9.97. The van der Waals surface area contributed by atoms with Crippen LogP contribution in [0.2, 0.25) is 0 Å². The Hall–Kier alpha value is -5.00. The highest BCUT2D eigenvalue weighted by molar-refractivity contribution is 7.17. The zero-order valence-corrected chi connectivity index (χ0v) is 27.7. The number of aromatic amines is 1. The summed E-state index contributed by atoms with van der Waals surface area (Å²) in [5.74, 6) is 0.152. The zero-order valence-electron chi connectivity index (χ0n) is 26.1. The predicted molar refractivity (Wildman–Crippen MR) is 187 cm³/mol. The molecule has 3 amide bonds. The Morgan fingerprint density at radius 3 is 2.62 bits per heavy atom. The molecule has 12 heteroatoms. The van der Waals surface area contributed by atoms with Crippen molar-refractivity contribution in [1.29, 1.82) is 0 Å². The number of nitrogens with one attached hydrogen (secondary N) is 2. The lowest BCUT2D eigenvalue weighted by Gasteiger charge is -2.25. The van der Waals surface area contributed by atoms with E-state index in [1.54, 1.807) is 47.4 Å². The second-order valence-corrected chi connectivity index (χ2v) is 14.0. The van der Waals surface area contributed by atoms with E-state index in [1.165, 1.54) is 11.3 Å². The van der Waals surface area contributed by atoms with Gasteiger partial charge in [0.05, 0.1) is 10.4 Å². The number of fused-ring (bicyclic) bond motifs is 5. The molecule has 0 spiro atoms. The summed E-state index contributed by atoms with van der Waals surface area (Å²) < 4.78 is 7.77. The van der Waals surface area contributed by atoms with Gasteiger partial charge >= 0.3 is 6.09 Å². The lowest BCUT2D eigenvalue weighted by molar-refractivity contribution is 0.0982. The van der Waals surface area contributed by atoms with Crippen LogP contribution in [-0.4, -0.2) is 45.0 Å². The molecule has 7 rings (SSSR count). The maximum atomic E-state index is 13.9. The fourth-order valence-electron chi connectivity index (χ4n) is 6.66. The van der Waals surface area contributed by atoms with Crippen molar-refractivity contribution in [2.45, 2.75) is 39.2 Å². The van der Waals surface area contributed by atoms with Crippen LogP contribution in [0.3, 0.4) is 0 Å². The number of hydrogen-bond acceptors (Lipinski definition) is 6. The average Bonchev–Trinajstić information content (AvgIpc) is 3.78. The van der Waals surface area contributed by atoms with E-state index in [1.807, 2.05) is 49.8 Å². The number of nitrogens with zero attached hydrogens (tertiary/aromatic N) is 2. The number of phenolic OH excluding ortho intramolecular Hbond substituents is 1. The number of nitrogens with two attached hydrogens (primary N) is 1. The van der Waals surface area contributed by atoms with Gasteiger partial charge in [-0.05, 0) is 92.7 Å². The van der Waals surface area contributed by atoms with Gasteiger partial charge in [0.15, 0.2) is 0 Å². The molecule has 1 aliphatic rings. The normalized spacial score (nSPS) is 14.7. The first-order valence-corrected chi connectivity index (χ1v) is 16.4. The number of benzene rings is 3. The molecule has 0 radical (unpaired) electrons. The SMILES string of the molecule is Cc1csc2c(O)cc3c(c12)[C@H](CCl)CN3C(=O)c1cc2cc(NC(=O)c3cc4cc(OC(N)=O)ccc4n3C(C)(C)C)ccc2[nH]1. The van der Waals surface area contributed by atoms with Crippen LogP contribution in [-0.2, 0) is 5.54 Å². The molecule has 10 nitrogen and oxygen atoms in total. The van der Waals surface area contributed by atoms with Crippen LogP contribution < -0.4 is 20.7 Å². The Kier molecular flexibility index (Phi) is 7.21. The number of hydrogen-bond donors (Lipinski definition) is 4. The first kappa shape index (κ1) is 30.6. The minimum atomic E-state index is -0.915. The van der Waals surface area contributed by atoms with Crippen LogP contribution >= 0.6 is 22.9 Å². The number of rotatable bonds is 5. The van der Waals surface area contributed by atoms with Crippen LogP contribution in [0.25, 0.3) is 31.9 Å². The van der Waals surface area contributed by atoms with Crippen molar-refractivity contribution in [2.75, 3.05) is 22.6 Å². The number of aryl methyl sites for hydroxylation is 1. The second-order valence-electron chi connectivity index (χ2n) is 12.8. The molecule has 0 aliphatic carbocycles. The number of halogens is 1. The van der Waals surface area contributed by atoms with Crippen LogP contribution in [0.5, 0.6) is 11.5 Å². The number of aromatic hydroxyl groups is 1. The van der Waals surface area contributed by atoms with Gasteiger partial charge in [0.2, 0.25) is 0 Å². The van der Waals surface area contributed by atoms with Crippen molar-refractivity contribution in [3.8, 4) is 11.5 Å². The van der Waals surface area contributed by atoms with Crippen LogP contribution in [0, 0.1) is 6.92 Å². The number of amides is 3. The number of ether oxygens (including phenoxy) is 1. The Morgan fingerprint density at radius 1 is 1.11 bits per heavy atom. The maximum absolute atomic E-state index is 13.9. The van der Waals surface area contributed by atoms with Gasteiger partial charge in [-0.15, -0.1) is 22.9 Å². The van der Waals surface area contributed by atoms with Crippen molar-refractivity contribution in [3.05, 3.63) is 82.5 Å². The summed E-state index contributed by atoms with van der Waals surface area (Å²) in [7, 11) is 0. The first-order valence-electron chi connectivity index (χ1n) is 15.0. The first-order chi connectivity index (χ1) is 22.3. The molecule has 3 aromatic heterocycles. The number of thiophene rings is 1. The van der Waals surface area contributed by atoms with E-state index in [2.05, 4.69) is 10.3 Å². The zero-order chi connectivity index (χ0) is 33.4. The molecule has 0 fully saturated rings. The number of carbonyl (C=O) groups excluding carboxylic acids is 3. The smallest absolute Gasteiger partial charge is 0.409 e. The maximum Gasteiger partial charge on any atom is 0.409 e. The highest BCUT2D eigenvalue weighted by Gasteiger charge is 2.36. The monoisotopic (exact) mass is 669 g/mol. The second kappa shape index (κ2) is 11.1. The molecule has 6 aromatic rings. The van der Waals surface area contributed by atoms with E-state index in [0.29, 0.717) is 35.2 Å². The molecular formula is C35H32ClN5O5S. The third-order valence-electron chi connectivity index (χ3n) is 8.56. The molecule has 240 valence electrons. The summed E-state index contributed by atoms with van der Waals surface area (Å²) >= 11 is 7.88. The number of anilines is 2. The summed E-state index contributed by atoms with van der Waals surface area (Å²) in [5.41, 5.74) is 10.3. The Balaban J connectivity index is 1.19. The highest BCUT2D eigenvalue weighted by Crippen LogP contribution is 2.48. The summed E-state index contributed by atoms with van der Waals surface area (Å²) in [6.45, 7) is 8.41. The fourth-order valence-corrected chi connectivity index (χ4v) is 7.90. The number of alkyl halides is 1. The van der Waals surface area contributed by atoms with Gasteiger partial charge in [-0.1, -0.05) is 0 Å². The quantitative estimate of drug-likeness (QED) is 0.139. The van der Waals surface area contributed by atoms with E-state index >= 15 is 0 Å². The fraction of sp³-hybridized carbons (Fsp3) is 0.229. The Bertz CT molecular complexity index is 2280. The van der Waals surface area contributed by atoms with Gasteiger partial charge in [0, 0.05) is 62.8 Å². The number of phenols is 1. The van der Waals surface area contributed by atoms with Crippen molar-refractivity contribution < 1.29 is 24.2 Å². The summed E-state index contributed by atoms with van der Waals surface area (Å²) in [6, 6.07) is 15.7. The van der Waals surface area contributed by atoms with Gasteiger partial charge in [0.1, 0.15) is 22.9 Å². The Morgan fingerprint density at radius 2 is 1.89 bits per heavy atom. The third-order valence-corrected chi connectivity index (χ3v) is 10.1. The molecule has 1 atom stereocenters. The number of carbonyl (C=O) groups is 3. The molecule has 1 aliphatic heterocycles. The lowest BCUT2D eigenvalue weighted by Crippen LogP contribution is -2.30. The van der Waals surface area contributed by atoms with E-state index in [9.17, 15) is 19.5 Å². The van der Waals surface area contributed by atoms with Gasteiger partial charge in [-0.2, -0.15) is 0 Å². The number of primary amides is 1. The molecule has 4 heterocycles. The van der Waals surface area contributed by atoms with Gasteiger partial charge in [-0.25, -0.2) is 4.79 Å². The molecule has 47 heavy (non-hydrogen) atoms. The van der Waals surface area contributed by atoms with E-state index in [-0.39, 0.29) is 29.2 Å². The largest absolute Gasteiger partial charge is 0.506 e. The molecule has 0 saturated carbocycles. The minimum absolute atomic E-state index is 0.0656. The highest BCUT2D eigenvalue weighted by atomic mass is 35.5. The van der Waals surface area contributed by atoms with E-state index in [0.717, 1.165) is 43.0 Å². The van der Waals surface area contributed by atoms with E-state index < -0.39 is 11.6 Å². The number of H-pyrrole nitrogens is 1. The molecule has 5 N–H and O–H groups in total. The van der Waals surface area contributed by atoms with Gasteiger partial charge in [-0.3, -0.25) is 9.59 Å². The summed E-state index contributed by atoms with van der Waals surface area (Å²) in [4.78, 5) is 43.8. The van der Waals surface area contributed by atoms with Gasteiger partial charge < -0.3 is 35.3 Å². The van der Waals surface area contributed by atoms with Crippen LogP contribution in [0.4, 0.5) is 16.2 Å². The molecule has 0 unspecified atom stereocenters. The van der Waals surface area contributed by atoms with Crippen molar-refractivity contribution in [3.63, 3.8) is 0 Å². The average molecular weight is 670 g/mol. The molecule has 0 saturated heterocycles. The molecular weight excluding hydrogens is 638 g/mol. The molecule has 0 bridgehead atoms. The predicted octanol–water partition coefficient (Wildman–Crippen LogP) is 7.80. The molecule has 3 aromatic carbocycles. The van der Waals surface area contributed by atoms with Crippen molar-refractivity contribution in [1.82, 2.24) is 9.55 Å². The van der Waals surface area contributed by atoms with Crippen LogP contribution in [0.15, 0.2) is 60.0 Å². The summed E-state index contributed by atoms with van der Waals surface area (Å²) in [5, 5.41) is 18.2. The van der Waals surface area contributed by atoms with E-state index in [4.69, 9.17) is 22.1 Å². The number of aromatic nitrogens is 2. The topological polar surface area (TPSA) is 143 Å².